The number of aliphatic hydroxyl groups excluding tert-OH is 1. The molecule has 1 aromatic carbocycles. The molecule has 2 rings (SSSR count). The van der Waals surface area contributed by atoms with Gasteiger partial charge in [0.1, 0.15) is 0 Å². The molecule has 3 N–H and O–H groups in total. The average Bonchev–Trinajstić information content (AvgIpc) is 2.64. The third-order valence-corrected chi connectivity index (χ3v) is 5.48. The van der Waals surface area contributed by atoms with Crippen LogP contribution in [0.2, 0.25) is 5.21 Å². The summed E-state index contributed by atoms with van der Waals surface area (Å²) in [6.07, 6.45) is 10.7. The van der Waals surface area contributed by atoms with Crippen LogP contribution < -0.4 is 5.73 Å². The van der Waals surface area contributed by atoms with Crippen LogP contribution in [-0.2, 0) is 5.21 Å². The van der Waals surface area contributed by atoms with E-state index in [-0.39, 0.29) is 12.5 Å². The number of allylic oxidation sites excluding steroid dienone is 3. The summed E-state index contributed by atoms with van der Waals surface area (Å²) in [5.74, 6) is 0.127. The van der Waals surface area contributed by atoms with Gasteiger partial charge in [0.05, 0.1) is 31.4 Å². The molecule has 0 saturated heterocycles. The average molecular weight is 353 g/mol. The maximum Gasteiger partial charge on any atom is 0.0675 e. The molecule has 0 saturated carbocycles. The summed E-state index contributed by atoms with van der Waals surface area (Å²) >= 11 is 0. The molecule has 0 aromatic heterocycles. The minimum atomic E-state index is -1.41. The normalized spacial score (nSPS) is 18.9. The van der Waals surface area contributed by atoms with E-state index < -0.39 is 10.4 Å². The molecule has 0 spiro atoms. The molecule has 8 radical (unpaired) electrons. The van der Waals surface area contributed by atoms with Gasteiger partial charge in [0.2, 0.25) is 0 Å². The van der Waals surface area contributed by atoms with Gasteiger partial charge in [-0.15, -0.1) is 0 Å². The number of aliphatic hydroxyl groups is 1. The predicted molar refractivity (Wildman–Crippen MR) is 119 cm³/mol. The molecule has 0 fully saturated rings. The predicted octanol–water partition coefficient (Wildman–Crippen LogP) is 2.59. The van der Waals surface area contributed by atoms with Crippen molar-refractivity contribution in [2.24, 2.45) is 5.73 Å². The van der Waals surface area contributed by atoms with Crippen LogP contribution in [0.5, 0.6) is 0 Å². The molecule has 0 unspecified atom stereocenters. The largest absolute Gasteiger partial charge is 0.396 e. The molecular weight excluding hydrogens is 325 g/mol. The monoisotopic (exact) mass is 353 g/mol. The lowest BCUT2D eigenvalue weighted by Crippen LogP contribution is -2.46. The van der Waals surface area contributed by atoms with Gasteiger partial charge < -0.3 is 10.8 Å². The van der Waals surface area contributed by atoms with Crippen LogP contribution in [-0.4, -0.2) is 49.6 Å². The second-order valence-corrected chi connectivity index (χ2v) is 7.53. The molecule has 134 valence electrons. The Morgan fingerprint density at radius 1 is 1.15 bits per heavy atom. The quantitative estimate of drug-likeness (QED) is 0.530. The summed E-state index contributed by atoms with van der Waals surface area (Å²) in [5, 5.41) is 6.31. The lowest BCUT2D eigenvalue weighted by molar-refractivity contribution is 0.280. The maximum atomic E-state index is 9.11. The molecule has 1 aromatic rings. The van der Waals surface area contributed by atoms with Gasteiger partial charge in [0, 0.05) is 6.61 Å². The Labute approximate surface area is 169 Å². The fourth-order valence-corrected chi connectivity index (χ4v) is 3.54. The summed E-state index contributed by atoms with van der Waals surface area (Å²) in [4.78, 5) is 0. The van der Waals surface area contributed by atoms with E-state index in [2.05, 4.69) is 13.0 Å². The summed E-state index contributed by atoms with van der Waals surface area (Å²) in [6, 6.07) is 6.00. The summed E-state index contributed by atoms with van der Waals surface area (Å²) in [5.41, 5.74) is 9.33. The van der Waals surface area contributed by atoms with Gasteiger partial charge in [0.25, 0.3) is 0 Å². The first-order valence-corrected chi connectivity index (χ1v) is 9.79. The van der Waals surface area contributed by atoms with Crippen LogP contribution in [0.4, 0.5) is 0 Å². The highest BCUT2D eigenvalue weighted by Crippen LogP contribution is 2.50. The molecule has 0 bridgehead atoms. The van der Waals surface area contributed by atoms with Crippen LogP contribution in [0.3, 0.4) is 0 Å². The van der Waals surface area contributed by atoms with Crippen molar-refractivity contribution in [2.45, 2.75) is 55.4 Å². The highest BCUT2D eigenvalue weighted by molar-refractivity contribution is 6.56. The second-order valence-electron chi connectivity index (χ2n) is 7.53. The van der Waals surface area contributed by atoms with Crippen molar-refractivity contribution >= 4 is 37.5 Å². The van der Waals surface area contributed by atoms with E-state index in [9.17, 15) is 0 Å². The van der Waals surface area contributed by atoms with Gasteiger partial charge in [-0.25, -0.2) is 0 Å². The van der Waals surface area contributed by atoms with Gasteiger partial charge in [-0.1, -0.05) is 77.8 Å². The molecule has 27 heavy (non-hydrogen) atoms. The van der Waals surface area contributed by atoms with Crippen LogP contribution in [0.25, 0.3) is 6.08 Å². The van der Waals surface area contributed by atoms with Crippen LogP contribution in [0.15, 0.2) is 35.9 Å². The van der Waals surface area contributed by atoms with Gasteiger partial charge >= 0.3 is 0 Å². The second kappa shape index (κ2) is 9.39. The number of benzene rings is 1. The number of unbranched alkanes of at least 4 members (excludes halogenated alkanes) is 2. The number of rotatable bonds is 9. The lowest BCUT2D eigenvalue weighted by Gasteiger charge is -2.49. The van der Waals surface area contributed by atoms with E-state index in [0.29, 0.717) is 13.0 Å². The number of fused-ring (bicyclic) bond motifs is 1. The molecule has 2 nitrogen and oxygen atoms in total. The summed E-state index contributed by atoms with van der Waals surface area (Å²) in [6.45, 7) is 2.78. The van der Waals surface area contributed by atoms with E-state index >= 15 is 0 Å². The molecular formula is C21H27B4NO. The summed E-state index contributed by atoms with van der Waals surface area (Å²) < 4.78 is 0. The van der Waals surface area contributed by atoms with E-state index in [0.717, 1.165) is 47.9 Å². The van der Waals surface area contributed by atoms with Crippen molar-refractivity contribution in [1.82, 2.24) is 0 Å². The fourth-order valence-electron chi connectivity index (χ4n) is 3.54. The van der Waals surface area contributed by atoms with Crippen LogP contribution in [0, 0.1) is 0 Å². The Kier molecular flexibility index (Phi) is 7.71. The Morgan fingerprint density at radius 3 is 2.52 bits per heavy atom. The minimum absolute atomic E-state index is 0.127. The van der Waals surface area contributed by atoms with Crippen LogP contribution >= 0.6 is 0 Å². The Balaban J connectivity index is 2.42. The summed E-state index contributed by atoms with van der Waals surface area (Å²) in [7, 11) is 25.8. The molecule has 0 heterocycles. The first kappa shape index (κ1) is 22.2. The molecule has 1 aliphatic rings. The minimum Gasteiger partial charge on any atom is -0.396 e. The zero-order valence-electron chi connectivity index (χ0n) is 16.3. The SMILES string of the molecule is [B]C1([B])C(/C=C/CCCC)=Cc2ccc([C@H](CN)CCCO)cc2C1([B])[B]. The van der Waals surface area contributed by atoms with E-state index in [1.165, 1.54) is 0 Å². The maximum absolute atomic E-state index is 9.11. The Hall–Kier alpha value is -1.12. The van der Waals surface area contributed by atoms with Gasteiger partial charge in [-0.2, -0.15) is 0 Å². The third-order valence-electron chi connectivity index (χ3n) is 5.48. The third kappa shape index (κ3) is 4.66. The van der Waals surface area contributed by atoms with Crippen molar-refractivity contribution in [3.8, 4) is 0 Å². The van der Waals surface area contributed by atoms with Crippen molar-refractivity contribution in [2.75, 3.05) is 13.2 Å². The van der Waals surface area contributed by atoms with Crippen molar-refractivity contribution in [3.05, 3.63) is 52.6 Å². The van der Waals surface area contributed by atoms with Crippen LogP contribution in [0.1, 0.15) is 61.6 Å². The van der Waals surface area contributed by atoms with Crippen molar-refractivity contribution in [1.29, 1.82) is 0 Å². The number of hydrogen-bond donors (Lipinski definition) is 2. The molecule has 6 heteroatoms. The highest BCUT2D eigenvalue weighted by Gasteiger charge is 2.41. The first-order chi connectivity index (χ1) is 12.8. The molecule has 1 aliphatic carbocycles. The highest BCUT2D eigenvalue weighted by atomic mass is 16.2. The van der Waals surface area contributed by atoms with Crippen molar-refractivity contribution in [3.63, 3.8) is 0 Å². The number of nitrogens with two attached hydrogens (primary N) is 1. The van der Waals surface area contributed by atoms with Crippen molar-refractivity contribution < 1.29 is 5.11 Å². The zero-order valence-corrected chi connectivity index (χ0v) is 16.3. The van der Waals surface area contributed by atoms with E-state index in [4.69, 9.17) is 42.2 Å². The lowest BCUT2D eigenvalue weighted by atomic mass is 9.25. The number of hydrogen-bond acceptors (Lipinski definition) is 2. The molecule has 0 aliphatic heterocycles. The Bertz CT molecular complexity index is 697. The fraction of sp³-hybridized carbons (Fsp3) is 0.524. The van der Waals surface area contributed by atoms with Gasteiger partial charge in [0.15, 0.2) is 0 Å². The first-order valence-electron chi connectivity index (χ1n) is 9.79. The Morgan fingerprint density at radius 2 is 1.89 bits per heavy atom. The zero-order chi connectivity index (χ0) is 20.1. The molecule has 0 amide bonds. The topological polar surface area (TPSA) is 46.2 Å². The van der Waals surface area contributed by atoms with Gasteiger partial charge in [-0.05, 0) is 42.9 Å². The van der Waals surface area contributed by atoms with Gasteiger partial charge in [-0.3, -0.25) is 0 Å². The van der Waals surface area contributed by atoms with E-state index in [1.54, 1.807) is 0 Å². The molecule has 1 atom stereocenters. The smallest absolute Gasteiger partial charge is 0.0675 e. The standard InChI is InChI=1S/C21H27B4NO/c1-2-3-4-5-8-18-12-16-10-9-15(17(14-26)7-6-11-27)13-19(16)21(24,25)20(18,22)23/h5,8-10,12-13,17,27H,2-4,6-7,11,14,26H2,1H3/b8-5+/t17-/m0/s1. The van der Waals surface area contributed by atoms with E-state index in [1.807, 2.05) is 30.4 Å².